The number of hydrogen-bond acceptors (Lipinski definition) is 3. The highest BCUT2D eigenvalue weighted by atomic mass is 16.3. The Bertz CT molecular complexity index is 399. The topological polar surface area (TPSA) is 35.5 Å². The van der Waals surface area contributed by atoms with Crippen LogP contribution in [0.4, 0.5) is 0 Å². The summed E-state index contributed by atoms with van der Waals surface area (Å²) in [4.78, 5) is 2.50. The molecule has 2 aliphatic rings. The highest BCUT2D eigenvalue weighted by molar-refractivity contribution is 5.17. The van der Waals surface area contributed by atoms with Crippen LogP contribution in [0.15, 0.2) is 30.3 Å². The van der Waals surface area contributed by atoms with Gasteiger partial charge in [0, 0.05) is 25.2 Å². The minimum Gasteiger partial charge on any atom is -0.387 e. The molecule has 2 unspecified atom stereocenters. The molecule has 1 aromatic carbocycles. The van der Waals surface area contributed by atoms with Crippen molar-refractivity contribution in [2.45, 2.75) is 50.3 Å². The van der Waals surface area contributed by atoms with Gasteiger partial charge in [0.15, 0.2) is 0 Å². The second kappa shape index (κ2) is 6.70. The summed E-state index contributed by atoms with van der Waals surface area (Å²) >= 11 is 0. The quantitative estimate of drug-likeness (QED) is 0.836. The molecule has 1 aliphatic carbocycles. The summed E-state index contributed by atoms with van der Waals surface area (Å²) in [6.07, 6.45) is 6.18. The molecule has 1 aliphatic heterocycles. The third kappa shape index (κ3) is 3.81. The average Bonchev–Trinajstić information content (AvgIpc) is 3.33. The van der Waals surface area contributed by atoms with Gasteiger partial charge < -0.3 is 10.4 Å². The van der Waals surface area contributed by atoms with Crippen LogP contribution in [0, 0.1) is 0 Å². The van der Waals surface area contributed by atoms with Crippen molar-refractivity contribution in [1.82, 2.24) is 10.2 Å². The van der Waals surface area contributed by atoms with Crippen LogP contribution in [0.25, 0.3) is 0 Å². The Morgan fingerprint density at radius 2 is 1.95 bits per heavy atom. The Kier molecular flexibility index (Phi) is 4.71. The van der Waals surface area contributed by atoms with E-state index in [1.54, 1.807) is 0 Å². The highest BCUT2D eigenvalue weighted by Crippen LogP contribution is 2.29. The third-order valence-electron chi connectivity index (χ3n) is 4.52. The Morgan fingerprint density at radius 1 is 1.15 bits per heavy atom. The number of aliphatic hydroxyl groups excluding tert-OH is 1. The lowest BCUT2D eigenvalue weighted by atomic mass is 10.0. The normalized spacial score (nSPS) is 24.8. The maximum Gasteiger partial charge on any atom is 0.0917 e. The zero-order valence-corrected chi connectivity index (χ0v) is 12.2. The van der Waals surface area contributed by atoms with E-state index in [9.17, 15) is 5.11 Å². The Morgan fingerprint density at radius 3 is 2.60 bits per heavy atom. The van der Waals surface area contributed by atoms with Gasteiger partial charge in [-0.15, -0.1) is 0 Å². The standard InChI is InChI=1S/C17H26N2O/c20-17(14-6-2-1-3-7-14)13-19(16-9-10-16)12-15-8-4-5-11-18-15/h1-3,6-7,15-18,20H,4-5,8-13H2. The van der Waals surface area contributed by atoms with Gasteiger partial charge in [-0.2, -0.15) is 0 Å². The number of aliphatic hydroxyl groups is 1. The predicted octanol–water partition coefficient (Wildman–Crippen LogP) is 2.33. The predicted molar refractivity (Wildman–Crippen MR) is 81.6 cm³/mol. The lowest BCUT2D eigenvalue weighted by molar-refractivity contribution is 0.0991. The highest BCUT2D eigenvalue weighted by Gasteiger charge is 2.32. The first kappa shape index (κ1) is 14.1. The molecule has 2 fully saturated rings. The van der Waals surface area contributed by atoms with Gasteiger partial charge in [-0.1, -0.05) is 36.8 Å². The van der Waals surface area contributed by atoms with Crippen LogP contribution in [0.1, 0.15) is 43.8 Å². The molecule has 3 rings (SSSR count). The zero-order valence-electron chi connectivity index (χ0n) is 12.2. The van der Waals surface area contributed by atoms with Gasteiger partial charge in [0.2, 0.25) is 0 Å². The van der Waals surface area contributed by atoms with E-state index in [2.05, 4.69) is 10.2 Å². The van der Waals surface area contributed by atoms with Gasteiger partial charge >= 0.3 is 0 Å². The van der Waals surface area contributed by atoms with E-state index in [0.29, 0.717) is 12.1 Å². The molecular weight excluding hydrogens is 248 g/mol. The molecule has 3 nitrogen and oxygen atoms in total. The molecule has 0 radical (unpaired) electrons. The van der Waals surface area contributed by atoms with Crippen molar-refractivity contribution in [2.24, 2.45) is 0 Å². The minimum absolute atomic E-state index is 0.361. The van der Waals surface area contributed by atoms with Gasteiger partial charge in [-0.3, -0.25) is 4.90 Å². The molecule has 20 heavy (non-hydrogen) atoms. The summed E-state index contributed by atoms with van der Waals surface area (Å²) in [6, 6.07) is 11.4. The summed E-state index contributed by atoms with van der Waals surface area (Å²) in [5.74, 6) is 0. The Hall–Kier alpha value is -0.900. The van der Waals surface area contributed by atoms with E-state index >= 15 is 0 Å². The number of piperidine rings is 1. The smallest absolute Gasteiger partial charge is 0.0917 e. The lowest BCUT2D eigenvalue weighted by Gasteiger charge is -2.32. The maximum absolute atomic E-state index is 10.4. The molecule has 0 aromatic heterocycles. The molecule has 1 heterocycles. The van der Waals surface area contributed by atoms with Gasteiger partial charge in [-0.25, -0.2) is 0 Å². The zero-order chi connectivity index (χ0) is 13.8. The van der Waals surface area contributed by atoms with Crippen molar-refractivity contribution in [1.29, 1.82) is 0 Å². The second-order valence-electron chi connectivity index (χ2n) is 6.26. The molecule has 0 spiro atoms. The van der Waals surface area contributed by atoms with Crippen molar-refractivity contribution in [3.63, 3.8) is 0 Å². The molecule has 3 heteroatoms. The fourth-order valence-electron chi connectivity index (χ4n) is 3.18. The van der Waals surface area contributed by atoms with E-state index in [0.717, 1.165) is 25.2 Å². The molecule has 1 aromatic rings. The van der Waals surface area contributed by atoms with Crippen LogP contribution in [0.3, 0.4) is 0 Å². The van der Waals surface area contributed by atoms with Gasteiger partial charge in [0.05, 0.1) is 6.10 Å². The molecular formula is C17H26N2O. The van der Waals surface area contributed by atoms with Crippen molar-refractivity contribution >= 4 is 0 Å². The summed E-state index contributed by atoms with van der Waals surface area (Å²) in [7, 11) is 0. The van der Waals surface area contributed by atoms with Crippen molar-refractivity contribution in [2.75, 3.05) is 19.6 Å². The largest absolute Gasteiger partial charge is 0.387 e. The van der Waals surface area contributed by atoms with E-state index in [-0.39, 0.29) is 6.10 Å². The maximum atomic E-state index is 10.4. The second-order valence-corrected chi connectivity index (χ2v) is 6.26. The molecule has 0 amide bonds. The number of rotatable bonds is 6. The molecule has 1 saturated heterocycles. The number of nitrogens with zero attached hydrogens (tertiary/aromatic N) is 1. The summed E-state index contributed by atoms with van der Waals surface area (Å²) in [5.41, 5.74) is 1.04. The van der Waals surface area contributed by atoms with Crippen LogP contribution in [0.2, 0.25) is 0 Å². The fraction of sp³-hybridized carbons (Fsp3) is 0.647. The lowest BCUT2D eigenvalue weighted by Crippen LogP contribution is -2.45. The molecule has 1 saturated carbocycles. The average molecular weight is 274 g/mol. The number of benzene rings is 1. The van der Waals surface area contributed by atoms with Gasteiger partial charge in [0.25, 0.3) is 0 Å². The number of hydrogen-bond donors (Lipinski definition) is 2. The van der Waals surface area contributed by atoms with Gasteiger partial charge in [0.1, 0.15) is 0 Å². The van der Waals surface area contributed by atoms with Crippen molar-refractivity contribution in [3.8, 4) is 0 Å². The van der Waals surface area contributed by atoms with Crippen LogP contribution >= 0.6 is 0 Å². The van der Waals surface area contributed by atoms with Crippen LogP contribution < -0.4 is 5.32 Å². The summed E-state index contributed by atoms with van der Waals surface area (Å²) < 4.78 is 0. The first-order valence-electron chi connectivity index (χ1n) is 8.03. The molecule has 2 atom stereocenters. The van der Waals surface area contributed by atoms with Crippen LogP contribution in [-0.4, -0.2) is 41.7 Å². The van der Waals surface area contributed by atoms with E-state index in [1.165, 1.54) is 32.1 Å². The van der Waals surface area contributed by atoms with Crippen LogP contribution in [0.5, 0.6) is 0 Å². The van der Waals surface area contributed by atoms with Gasteiger partial charge in [-0.05, 0) is 37.8 Å². The number of nitrogens with one attached hydrogen (secondary N) is 1. The first-order chi connectivity index (χ1) is 9.83. The fourth-order valence-corrected chi connectivity index (χ4v) is 3.18. The molecule has 110 valence electrons. The van der Waals surface area contributed by atoms with E-state index in [4.69, 9.17) is 0 Å². The SMILES string of the molecule is OC(CN(CC1CCCCN1)C1CC1)c1ccccc1. The Balaban J connectivity index is 1.56. The van der Waals surface area contributed by atoms with E-state index in [1.807, 2.05) is 30.3 Å². The van der Waals surface area contributed by atoms with E-state index < -0.39 is 0 Å². The van der Waals surface area contributed by atoms with Crippen molar-refractivity contribution in [3.05, 3.63) is 35.9 Å². The summed E-state index contributed by atoms with van der Waals surface area (Å²) in [6.45, 7) is 3.02. The monoisotopic (exact) mass is 274 g/mol. The first-order valence-corrected chi connectivity index (χ1v) is 8.03. The van der Waals surface area contributed by atoms with Crippen molar-refractivity contribution < 1.29 is 5.11 Å². The summed E-state index contributed by atoms with van der Waals surface area (Å²) in [5, 5.41) is 14.1. The molecule has 2 N–H and O–H groups in total. The third-order valence-corrected chi connectivity index (χ3v) is 4.52. The molecule has 0 bridgehead atoms. The minimum atomic E-state index is -0.361. The Labute approximate surface area is 122 Å². The van der Waals surface area contributed by atoms with Crippen LogP contribution in [-0.2, 0) is 0 Å².